The van der Waals surface area contributed by atoms with Crippen LogP contribution in [0, 0.1) is 0 Å². The average molecular weight is 436 g/mol. The molecule has 0 aromatic heterocycles. The first-order chi connectivity index (χ1) is 15.4. The van der Waals surface area contributed by atoms with Gasteiger partial charge in [0.05, 0.1) is 17.7 Å². The molecule has 0 spiro atoms. The third kappa shape index (κ3) is 5.26. The van der Waals surface area contributed by atoms with Gasteiger partial charge in [0.2, 0.25) is 0 Å². The van der Waals surface area contributed by atoms with Gasteiger partial charge in [-0.3, -0.25) is 9.59 Å². The van der Waals surface area contributed by atoms with Crippen molar-refractivity contribution in [3.63, 3.8) is 0 Å². The van der Waals surface area contributed by atoms with Crippen LogP contribution in [0.25, 0.3) is 5.76 Å². The van der Waals surface area contributed by atoms with Crippen molar-refractivity contribution < 1.29 is 24.2 Å². The molecule has 1 atom stereocenters. The minimum absolute atomic E-state index is 0.0886. The van der Waals surface area contributed by atoms with Gasteiger partial charge >= 0.3 is 0 Å². The molecule has 3 rings (SSSR count). The molecule has 1 amide bonds. The summed E-state index contributed by atoms with van der Waals surface area (Å²) in [4.78, 5) is 27.4. The summed E-state index contributed by atoms with van der Waals surface area (Å²) in [5.41, 5.74) is 1.30. The predicted molar refractivity (Wildman–Crippen MR) is 123 cm³/mol. The number of Topliss-reactive ketones (excluding diaryl/α,β-unsaturated/α-hetero) is 1. The van der Waals surface area contributed by atoms with Crippen molar-refractivity contribution in [1.82, 2.24) is 4.90 Å². The number of likely N-dealkylation sites (tertiary alicyclic amines) is 1. The first kappa shape index (κ1) is 23.3. The highest BCUT2D eigenvalue weighted by Crippen LogP contribution is 2.39. The smallest absolute Gasteiger partial charge is 0.295 e. The van der Waals surface area contributed by atoms with Gasteiger partial charge in [-0.2, -0.15) is 0 Å². The fourth-order valence-electron chi connectivity index (χ4n) is 3.67. The Morgan fingerprint density at radius 3 is 2.44 bits per heavy atom. The molecule has 1 aliphatic rings. The molecular formula is C26H29NO5. The number of hydrogen-bond acceptors (Lipinski definition) is 5. The topological polar surface area (TPSA) is 76.1 Å². The second-order valence-electron chi connectivity index (χ2n) is 7.80. The lowest BCUT2D eigenvalue weighted by Gasteiger charge is -2.25. The summed E-state index contributed by atoms with van der Waals surface area (Å²) in [5, 5.41) is 11.1. The Labute approximate surface area is 188 Å². The molecule has 1 saturated heterocycles. The second-order valence-corrected chi connectivity index (χ2v) is 7.80. The molecule has 6 heteroatoms. The summed E-state index contributed by atoms with van der Waals surface area (Å²) < 4.78 is 11.1. The zero-order valence-corrected chi connectivity index (χ0v) is 18.5. The molecule has 1 fully saturated rings. The van der Waals surface area contributed by atoms with Crippen LogP contribution < -0.4 is 4.74 Å². The Balaban J connectivity index is 1.95. The zero-order chi connectivity index (χ0) is 23.1. The second kappa shape index (κ2) is 10.8. The van der Waals surface area contributed by atoms with E-state index in [9.17, 15) is 14.7 Å². The molecule has 0 radical (unpaired) electrons. The van der Waals surface area contributed by atoms with E-state index in [1.165, 1.54) is 4.90 Å². The summed E-state index contributed by atoms with van der Waals surface area (Å²) in [7, 11) is 0. The minimum atomic E-state index is -0.687. The molecule has 1 N–H and O–H groups in total. The van der Waals surface area contributed by atoms with Crippen LogP contribution in [0.1, 0.15) is 37.4 Å². The van der Waals surface area contributed by atoms with Gasteiger partial charge in [-0.15, -0.1) is 0 Å². The third-order valence-corrected chi connectivity index (χ3v) is 5.15. The van der Waals surface area contributed by atoms with Crippen molar-refractivity contribution in [2.24, 2.45) is 0 Å². The number of carbonyl (C=O) groups is 2. The van der Waals surface area contributed by atoms with Crippen LogP contribution in [0.15, 0.2) is 72.8 Å². The van der Waals surface area contributed by atoms with Crippen molar-refractivity contribution >= 4 is 17.4 Å². The number of aliphatic hydroxyl groups is 1. The Morgan fingerprint density at radius 1 is 1.12 bits per heavy atom. The molecule has 0 bridgehead atoms. The van der Waals surface area contributed by atoms with Gasteiger partial charge in [0.15, 0.2) is 0 Å². The lowest BCUT2D eigenvalue weighted by atomic mass is 9.95. The van der Waals surface area contributed by atoms with E-state index in [2.05, 4.69) is 6.58 Å². The van der Waals surface area contributed by atoms with Gasteiger partial charge < -0.3 is 19.5 Å². The maximum Gasteiger partial charge on any atom is 0.295 e. The largest absolute Gasteiger partial charge is 0.507 e. The van der Waals surface area contributed by atoms with E-state index in [0.717, 1.165) is 5.56 Å². The summed E-state index contributed by atoms with van der Waals surface area (Å²) in [6, 6.07) is 15.4. The van der Waals surface area contributed by atoms with Crippen LogP contribution in [0.5, 0.6) is 5.75 Å². The SMILES string of the molecule is C=CCOc1ccc(/C(O)=C2\C(=O)C(=O)N(CCCOC(C)C)C2c2ccccc2)cc1. The summed E-state index contributed by atoms with van der Waals surface area (Å²) >= 11 is 0. The van der Waals surface area contributed by atoms with Crippen molar-refractivity contribution in [3.05, 3.63) is 84.0 Å². The number of ether oxygens (including phenoxy) is 2. The number of carbonyl (C=O) groups excluding carboxylic acids is 2. The fourth-order valence-corrected chi connectivity index (χ4v) is 3.67. The fraction of sp³-hybridized carbons (Fsp3) is 0.308. The number of benzene rings is 2. The van der Waals surface area contributed by atoms with Crippen molar-refractivity contribution in [2.75, 3.05) is 19.8 Å². The van der Waals surface area contributed by atoms with Crippen molar-refractivity contribution in [2.45, 2.75) is 32.4 Å². The summed E-state index contributed by atoms with van der Waals surface area (Å²) in [6.07, 6.45) is 2.32. The first-order valence-corrected chi connectivity index (χ1v) is 10.7. The molecule has 168 valence electrons. The summed E-state index contributed by atoms with van der Waals surface area (Å²) in [6.45, 7) is 8.71. The number of amides is 1. The van der Waals surface area contributed by atoms with E-state index in [0.29, 0.717) is 37.5 Å². The molecule has 1 unspecified atom stereocenters. The quantitative estimate of drug-likeness (QED) is 0.196. The van der Waals surface area contributed by atoms with E-state index >= 15 is 0 Å². The van der Waals surface area contributed by atoms with Crippen LogP contribution in [-0.4, -0.2) is 47.6 Å². The molecule has 0 aliphatic carbocycles. The van der Waals surface area contributed by atoms with Crippen LogP contribution in [0.3, 0.4) is 0 Å². The molecule has 0 saturated carbocycles. The average Bonchev–Trinajstić information content (AvgIpc) is 3.05. The maximum atomic E-state index is 13.0. The number of hydrogen-bond donors (Lipinski definition) is 1. The van der Waals surface area contributed by atoms with E-state index < -0.39 is 17.7 Å². The number of nitrogens with zero attached hydrogens (tertiary/aromatic N) is 1. The van der Waals surface area contributed by atoms with Crippen LogP contribution in [0.4, 0.5) is 0 Å². The van der Waals surface area contributed by atoms with Gasteiger partial charge in [0.1, 0.15) is 18.1 Å². The third-order valence-electron chi connectivity index (χ3n) is 5.15. The lowest BCUT2D eigenvalue weighted by molar-refractivity contribution is -0.140. The van der Waals surface area contributed by atoms with E-state index in [-0.39, 0.29) is 17.4 Å². The highest BCUT2D eigenvalue weighted by atomic mass is 16.5. The van der Waals surface area contributed by atoms with E-state index in [1.54, 1.807) is 30.3 Å². The van der Waals surface area contributed by atoms with Crippen LogP contribution in [0.2, 0.25) is 0 Å². The van der Waals surface area contributed by atoms with E-state index in [4.69, 9.17) is 9.47 Å². The maximum absolute atomic E-state index is 13.0. The molecule has 32 heavy (non-hydrogen) atoms. The normalized spacial score (nSPS) is 17.7. The van der Waals surface area contributed by atoms with Crippen molar-refractivity contribution in [3.8, 4) is 5.75 Å². The Bertz CT molecular complexity index is 979. The van der Waals surface area contributed by atoms with Gasteiger partial charge in [-0.05, 0) is 50.1 Å². The predicted octanol–water partition coefficient (Wildman–Crippen LogP) is 4.49. The molecule has 1 aliphatic heterocycles. The standard InChI is InChI=1S/C26H29NO5/c1-4-16-32-21-13-11-20(12-14-21)24(28)22-23(19-9-6-5-7-10-19)27(26(30)25(22)29)15-8-17-31-18(2)3/h4-7,9-14,18,23,28H,1,8,15-17H2,2-3H3/b24-22+. The Kier molecular flexibility index (Phi) is 7.84. The lowest BCUT2D eigenvalue weighted by Crippen LogP contribution is -2.31. The number of aliphatic hydroxyl groups excluding tert-OH is 1. The number of rotatable bonds is 10. The van der Waals surface area contributed by atoms with Gasteiger partial charge in [0, 0.05) is 18.7 Å². The van der Waals surface area contributed by atoms with Gasteiger partial charge in [-0.25, -0.2) is 0 Å². The highest BCUT2D eigenvalue weighted by Gasteiger charge is 2.45. The molecule has 2 aromatic carbocycles. The van der Waals surface area contributed by atoms with Gasteiger partial charge in [-0.1, -0.05) is 43.0 Å². The van der Waals surface area contributed by atoms with Crippen molar-refractivity contribution in [1.29, 1.82) is 0 Å². The Morgan fingerprint density at radius 2 is 1.81 bits per heavy atom. The van der Waals surface area contributed by atoms with Crippen LogP contribution in [-0.2, 0) is 14.3 Å². The first-order valence-electron chi connectivity index (χ1n) is 10.7. The summed E-state index contributed by atoms with van der Waals surface area (Å²) in [5.74, 6) is -0.885. The van der Waals surface area contributed by atoms with E-state index in [1.807, 2.05) is 44.2 Å². The zero-order valence-electron chi connectivity index (χ0n) is 18.5. The van der Waals surface area contributed by atoms with Crippen LogP contribution >= 0.6 is 0 Å². The van der Waals surface area contributed by atoms with Gasteiger partial charge in [0.25, 0.3) is 11.7 Å². The molecular weight excluding hydrogens is 406 g/mol. The number of ketones is 1. The monoisotopic (exact) mass is 435 g/mol. The highest BCUT2D eigenvalue weighted by molar-refractivity contribution is 6.46. The molecule has 6 nitrogen and oxygen atoms in total. The molecule has 2 aromatic rings. The molecule has 1 heterocycles. The minimum Gasteiger partial charge on any atom is -0.507 e. The Hall–Kier alpha value is -3.38.